The van der Waals surface area contributed by atoms with Crippen LogP contribution in [0.3, 0.4) is 0 Å². The number of fused-ring (bicyclic) bond motifs is 1. The number of nitrogens with zero attached hydrogens (tertiary/aromatic N) is 1. The molecule has 9 heteroatoms. The zero-order valence-corrected chi connectivity index (χ0v) is 14.9. The molecule has 1 aliphatic rings. The predicted octanol–water partition coefficient (Wildman–Crippen LogP) is 3.25. The molecule has 1 aliphatic heterocycles. The standard InChI is InChI=1S/C20H15F3N2O4/c21-20(22,23)14-8-5-13(6-9-14)7-10-19(28)29-12-18(27)25-11-17(26)24-15-3-1-2-4-16(15)25/h1-10H,11-12H2,(H,24,26)/b10-7+. The number of rotatable bonds is 4. The molecule has 0 radical (unpaired) electrons. The smallest absolute Gasteiger partial charge is 0.416 e. The fraction of sp³-hybridized carbons (Fsp3) is 0.150. The molecule has 1 N–H and O–H groups in total. The monoisotopic (exact) mass is 404 g/mol. The highest BCUT2D eigenvalue weighted by atomic mass is 19.4. The molecule has 0 unspecified atom stereocenters. The van der Waals surface area contributed by atoms with Crippen molar-refractivity contribution in [3.05, 3.63) is 65.7 Å². The maximum Gasteiger partial charge on any atom is 0.416 e. The average Bonchev–Trinajstić information content (AvgIpc) is 2.69. The summed E-state index contributed by atoms with van der Waals surface area (Å²) < 4.78 is 42.5. The molecule has 0 aromatic heterocycles. The van der Waals surface area contributed by atoms with Gasteiger partial charge in [-0.25, -0.2) is 4.79 Å². The summed E-state index contributed by atoms with van der Waals surface area (Å²) in [6.45, 7) is -0.785. The molecule has 29 heavy (non-hydrogen) atoms. The van der Waals surface area contributed by atoms with E-state index in [0.29, 0.717) is 16.9 Å². The van der Waals surface area contributed by atoms with E-state index >= 15 is 0 Å². The number of carbonyl (C=O) groups is 3. The topological polar surface area (TPSA) is 75.7 Å². The number of hydrogen-bond donors (Lipinski definition) is 1. The number of amides is 2. The Balaban J connectivity index is 1.57. The van der Waals surface area contributed by atoms with Crippen LogP contribution in [-0.2, 0) is 25.3 Å². The molecule has 0 fully saturated rings. The van der Waals surface area contributed by atoms with Gasteiger partial charge in [0.05, 0.1) is 16.9 Å². The lowest BCUT2D eigenvalue weighted by molar-refractivity contribution is -0.143. The van der Waals surface area contributed by atoms with Gasteiger partial charge in [-0.15, -0.1) is 0 Å². The van der Waals surface area contributed by atoms with Crippen molar-refractivity contribution in [2.75, 3.05) is 23.4 Å². The van der Waals surface area contributed by atoms with Crippen LogP contribution in [0, 0.1) is 0 Å². The highest BCUT2D eigenvalue weighted by Crippen LogP contribution is 2.30. The van der Waals surface area contributed by atoms with Crippen molar-refractivity contribution in [3.8, 4) is 0 Å². The van der Waals surface area contributed by atoms with Crippen LogP contribution in [0.25, 0.3) is 6.08 Å². The van der Waals surface area contributed by atoms with Crippen molar-refractivity contribution >= 4 is 35.2 Å². The second kappa shape index (κ2) is 8.17. The molecular formula is C20H15F3N2O4. The molecule has 0 spiro atoms. The minimum absolute atomic E-state index is 0.200. The molecule has 2 aromatic carbocycles. The average molecular weight is 404 g/mol. The Morgan fingerprint density at radius 2 is 1.79 bits per heavy atom. The van der Waals surface area contributed by atoms with Gasteiger partial charge in [0.1, 0.15) is 6.54 Å². The summed E-state index contributed by atoms with van der Waals surface area (Å²) in [4.78, 5) is 37.1. The van der Waals surface area contributed by atoms with Gasteiger partial charge in [0.15, 0.2) is 6.61 Å². The first kappa shape index (κ1) is 20.1. The van der Waals surface area contributed by atoms with Gasteiger partial charge in [0.2, 0.25) is 5.91 Å². The third kappa shape index (κ3) is 5.01. The number of anilines is 2. The number of esters is 1. The zero-order chi connectivity index (χ0) is 21.0. The maximum atomic E-state index is 12.5. The van der Waals surface area contributed by atoms with Crippen molar-refractivity contribution in [1.29, 1.82) is 0 Å². The summed E-state index contributed by atoms with van der Waals surface area (Å²) >= 11 is 0. The Morgan fingerprint density at radius 3 is 2.48 bits per heavy atom. The van der Waals surface area contributed by atoms with Crippen LogP contribution in [0.15, 0.2) is 54.6 Å². The van der Waals surface area contributed by atoms with Crippen molar-refractivity contribution in [2.45, 2.75) is 6.18 Å². The van der Waals surface area contributed by atoms with Gasteiger partial charge in [0, 0.05) is 6.08 Å². The van der Waals surface area contributed by atoms with E-state index in [9.17, 15) is 27.6 Å². The van der Waals surface area contributed by atoms with Gasteiger partial charge in [-0.1, -0.05) is 24.3 Å². The molecule has 0 aliphatic carbocycles. The first-order valence-electron chi connectivity index (χ1n) is 8.45. The number of halogens is 3. The molecule has 2 aromatic rings. The van der Waals surface area contributed by atoms with Crippen LogP contribution in [0.1, 0.15) is 11.1 Å². The van der Waals surface area contributed by atoms with Crippen molar-refractivity contribution in [1.82, 2.24) is 0 Å². The first-order valence-corrected chi connectivity index (χ1v) is 8.45. The molecule has 0 atom stereocenters. The number of benzene rings is 2. The molecule has 1 heterocycles. The van der Waals surface area contributed by atoms with Crippen molar-refractivity contribution in [2.24, 2.45) is 0 Å². The van der Waals surface area contributed by atoms with Crippen molar-refractivity contribution < 1.29 is 32.3 Å². The van der Waals surface area contributed by atoms with Gasteiger partial charge < -0.3 is 10.1 Å². The van der Waals surface area contributed by atoms with Crippen LogP contribution >= 0.6 is 0 Å². The SMILES string of the molecule is O=C1CN(C(=O)COC(=O)/C=C/c2ccc(C(F)(F)F)cc2)c2ccccc2N1. The van der Waals surface area contributed by atoms with Crippen molar-refractivity contribution in [3.63, 3.8) is 0 Å². The Bertz CT molecular complexity index is 968. The van der Waals surface area contributed by atoms with Gasteiger partial charge in [-0.3, -0.25) is 14.5 Å². The largest absolute Gasteiger partial charge is 0.452 e. The fourth-order valence-electron chi connectivity index (χ4n) is 2.66. The van der Waals surface area contributed by atoms with E-state index < -0.39 is 30.2 Å². The molecule has 0 bridgehead atoms. The highest BCUT2D eigenvalue weighted by molar-refractivity contribution is 6.10. The normalized spacial score (nSPS) is 13.8. The number of hydrogen-bond acceptors (Lipinski definition) is 4. The lowest BCUT2D eigenvalue weighted by Gasteiger charge is -2.28. The third-order valence-electron chi connectivity index (χ3n) is 4.06. The van der Waals surface area contributed by atoms with E-state index in [4.69, 9.17) is 4.74 Å². The maximum absolute atomic E-state index is 12.5. The highest BCUT2D eigenvalue weighted by Gasteiger charge is 2.30. The number of para-hydroxylation sites is 2. The number of carbonyl (C=O) groups excluding carboxylic acids is 3. The van der Waals surface area contributed by atoms with Crippen LogP contribution in [0.4, 0.5) is 24.5 Å². The molecule has 0 saturated heterocycles. The Hall–Kier alpha value is -3.62. The van der Waals surface area contributed by atoms with Gasteiger partial charge in [0.25, 0.3) is 5.91 Å². The van der Waals surface area contributed by atoms with E-state index in [-0.39, 0.29) is 12.5 Å². The second-order valence-corrected chi connectivity index (χ2v) is 6.11. The Kier molecular flexibility index (Phi) is 5.67. The molecule has 2 amide bonds. The van der Waals surface area contributed by atoms with E-state index in [2.05, 4.69) is 5.32 Å². The van der Waals surface area contributed by atoms with Crippen LogP contribution in [0.2, 0.25) is 0 Å². The first-order chi connectivity index (χ1) is 13.7. The van der Waals surface area contributed by atoms with E-state index in [0.717, 1.165) is 18.2 Å². The zero-order valence-electron chi connectivity index (χ0n) is 14.9. The number of ether oxygens (including phenoxy) is 1. The van der Waals surface area contributed by atoms with E-state index in [1.165, 1.54) is 23.1 Å². The van der Waals surface area contributed by atoms with Crippen LogP contribution in [0.5, 0.6) is 0 Å². The summed E-state index contributed by atoms with van der Waals surface area (Å²) in [5.74, 6) is -1.79. The van der Waals surface area contributed by atoms with Gasteiger partial charge in [-0.05, 0) is 35.9 Å². The fourth-order valence-corrected chi connectivity index (χ4v) is 2.66. The summed E-state index contributed by atoms with van der Waals surface area (Å²) in [6.07, 6.45) is -2.16. The second-order valence-electron chi connectivity index (χ2n) is 6.11. The Morgan fingerprint density at radius 1 is 1.10 bits per heavy atom. The molecular weight excluding hydrogens is 389 g/mol. The number of nitrogens with one attached hydrogen (secondary N) is 1. The molecule has 6 nitrogen and oxygen atoms in total. The summed E-state index contributed by atoms with van der Waals surface area (Å²) in [5.41, 5.74) is 0.538. The van der Waals surface area contributed by atoms with Gasteiger partial charge in [-0.2, -0.15) is 13.2 Å². The lowest BCUT2D eigenvalue weighted by Crippen LogP contribution is -2.43. The van der Waals surface area contributed by atoms with E-state index in [1.807, 2.05) is 0 Å². The molecule has 150 valence electrons. The summed E-state index contributed by atoms with van der Waals surface area (Å²) in [7, 11) is 0. The van der Waals surface area contributed by atoms with Gasteiger partial charge >= 0.3 is 12.1 Å². The van der Waals surface area contributed by atoms with Crippen LogP contribution in [-0.4, -0.2) is 30.9 Å². The lowest BCUT2D eigenvalue weighted by atomic mass is 10.1. The number of alkyl halides is 3. The molecule has 3 rings (SSSR count). The van der Waals surface area contributed by atoms with E-state index in [1.54, 1.807) is 24.3 Å². The molecule has 0 saturated carbocycles. The summed E-state index contributed by atoms with van der Waals surface area (Å²) in [6, 6.07) is 10.9. The minimum atomic E-state index is -4.44. The predicted molar refractivity (Wildman–Crippen MR) is 98.9 cm³/mol. The quantitative estimate of drug-likeness (QED) is 0.627. The third-order valence-corrected chi connectivity index (χ3v) is 4.06. The Labute approximate surface area is 163 Å². The van der Waals surface area contributed by atoms with Crippen LogP contribution < -0.4 is 10.2 Å². The minimum Gasteiger partial charge on any atom is -0.452 e. The summed E-state index contributed by atoms with van der Waals surface area (Å²) in [5, 5.41) is 2.64.